The summed E-state index contributed by atoms with van der Waals surface area (Å²) < 4.78 is 7.26. The van der Waals surface area contributed by atoms with Crippen LogP contribution in [0.4, 0.5) is 17.1 Å². The summed E-state index contributed by atoms with van der Waals surface area (Å²) in [5.41, 5.74) is 53.5. The Morgan fingerprint density at radius 1 is 0.447 bits per heavy atom. The zero-order valence-electron chi connectivity index (χ0n) is 61.7. The Morgan fingerprint density at radius 2 is 0.699 bits per heavy atom. The third kappa shape index (κ3) is 18.1. The average Bonchev–Trinajstić information content (AvgIpc) is 1.65. The summed E-state index contributed by atoms with van der Waals surface area (Å²) in [6.07, 6.45) is 5.67. The van der Waals surface area contributed by atoms with Crippen LogP contribution in [0.2, 0.25) is 13.1 Å². The number of anilines is 3. The van der Waals surface area contributed by atoms with Gasteiger partial charge in [-0.2, -0.15) is 25.7 Å². The maximum atomic E-state index is 12.6. The molecule has 3 amide bonds. The highest BCUT2D eigenvalue weighted by Gasteiger charge is 2.40. The SMILES string of the molecule is Cc1cc(-n2nc(C)c3c2CC(C)(C)CC3=O)ccc1C#N.Cc1nn(-c2ccc(C(N)=O)c(NCN)c2)c2c1C(=O)CC(C)(C)C2.Cc1nn(-c2ccc(C(N)=O)c(NCN)c2)c2c1C(=O)CC(C)(C)C2.NCN.[B]C.[B]CCNc1cc(-n2nc(C)c3c2CC(C)(C)CC3=O)ccc1C(N)=O. The molecule has 0 spiro atoms. The van der Waals surface area contributed by atoms with Crippen LogP contribution in [0.1, 0.15) is 210 Å². The number of hydrogen-bond acceptors (Lipinski definition) is 19. The average molecular weight is 1400 g/mol. The summed E-state index contributed by atoms with van der Waals surface area (Å²) in [4.78, 5) is 84.9. The Balaban J connectivity index is 0.000000188. The van der Waals surface area contributed by atoms with Gasteiger partial charge in [0.05, 0.1) is 159 Å². The van der Waals surface area contributed by atoms with Crippen molar-refractivity contribution >= 4 is 73.6 Å². The lowest BCUT2D eigenvalue weighted by Crippen LogP contribution is -2.28. The van der Waals surface area contributed by atoms with E-state index in [0.29, 0.717) is 89.0 Å². The molecule has 103 heavy (non-hydrogen) atoms. The molecule has 0 saturated heterocycles. The molecule has 4 radical (unpaired) electrons. The minimum Gasteiger partial charge on any atom is -0.385 e. The van der Waals surface area contributed by atoms with E-state index in [0.717, 1.165) is 111 Å². The molecule has 0 aliphatic heterocycles. The quantitative estimate of drug-likeness (QED) is 0.0360. The highest BCUT2D eigenvalue weighted by molar-refractivity contribution is 6.09. The maximum absolute atomic E-state index is 12.6. The van der Waals surface area contributed by atoms with Crippen LogP contribution in [0.15, 0.2) is 72.8 Å². The molecule has 4 aliphatic carbocycles. The number of Topliss-reactive ketones (excluding diaryl/α,β-unsaturated/α-hetero) is 4. The molecule has 0 atom stereocenters. The molecule has 4 heterocycles. The van der Waals surface area contributed by atoms with Crippen LogP contribution < -0.4 is 56.1 Å². The molecule has 26 nitrogen and oxygen atoms in total. The summed E-state index contributed by atoms with van der Waals surface area (Å²) >= 11 is 0. The van der Waals surface area contributed by atoms with Crippen molar-refractivity contribution in [3.8, 4) is 28.8 Å². The number of nitrogens with two attached hydrogens (primary N) is 7. The normalized spacial score (nSPS) is 15.3. The number of aryl methyl sites for hydroxylation is 5. The van der Waals surface area contributed by atoms with E-state index < -0.39 is 17.7 Å². The molecule has 0 unspecified atom stereocenters. The van der Waals surface area contributed by atoms with Gasteiger partial charge in [0.2, 0.25) is 0 Å². The van der Waals surface area contributed by atoms with E-state index >= 15 is 0 Å². The van der Waals surface area contributed by atoms with Gasteiger partial charge in [-0.05, 0) is 160 Å². The Hall–Kier alpha value is -10.3. The van der Waals surface area contributed by atoms with Gasteiger partial charge in [0.1, 0.15) is 0 Å². The van der Waals surface area contributed by atoms with E-state index in [4.69, 9.17) is 41.8 Å². The standard InChI is InChI=1S/C19H23BN4O2.2C18H23N5O2.C18H19N3O.CH3B.CH6N2/c1-11-17-15(9-19(2,3)10-16(17)25)24(23-11)12-4-5-13(18(21)26)14(8-12)22-7-6-20;2*1-10-16-14(7-18(2,3)8-15(16)24)23(22-10)11-4-5-12(17(20)25)13(6-11)21-9-19;1-11-7-14(6-5-13(11)10-19)21-15-8-18(3,4)9-16(22)17(15)12(2)20-21;1-2;2-1-3/h4-5,8,22H,6-7,9-10H2,1-3H3,(H2,21,26);2*4-6,21H,7-9,19H2,1-3H3,(H2,20,25);5-7H,8-9H2,1-4H3;1H3;1-3H2. The molecule has 28 heteroatoms. The third-order valence-corrected chi connectivity index (χ3v) is 18.0. The molecule has 0 saturated carbocycles. The summed E-state index contributed by atoms with van der Waals surface area (Å²) in [7, 11) is 10.1. The van der Waals surface area contributed by atoms with Gasteiger partial charge in [-0.1, -0.05) is 68.5 Å². The fraction of sp³-hybridized carbons (Fsp3) is 0.413. The highest BCUT2D eigenvalue weighted by atomic mass is 16.2. The van der Waals surface area contributed by atoms with Crippen LogP contribution >= 0.6 is 0 Å². The van der Waals surface area contributed by atoms with E-state index in [2.05, 4.69) is 117 Å². The van der Waals surface area contributed by atoms with E-state index in [1.165, 1.54) is 6.82 Å². The fourth-order valence-corrected chi connectivity index (χ4v) is 13.8. The smallest absolute Gasteiger partial charge is 0.250 e. The Morgan fingerprint density at radius 3 is 0.932 bits per heavy atom. The van der Waals surface area contributed by atoms with Crippen molar-refractivity contribution in [3.63, 3.8) is 0 Å². The molecule has 4 aliphatic rings. The topological polar surface area (TPSA) is 433 Å². The molecule has 8 aromatic rings. The van der Waals surface area contributed by atoms with Crippen molar-refractivity contribution in [2.24, 2.45) is 61.8 Å². The number of primary amides is 3. The number of hydrogen-bond donors (Lipinski definition) is 10. The molecular formula is C75H97B2N19O7. The molecular weight excluding hydrogens is 1300 g/mol. The number of nitriles is 1. The van der Waals surface area contributed by atoms with E-state index in [-0.39, 0.29) is 64.8 Å². The number of aromatic nitrogens is 8. The zero-order valence-corrected chi connectivity index (χ0v) is 61.7. The van der Waals surface area contributed by atoms with Crippen LogP contribution in [0, 0.1) is 67.6 Å². The van der Waals surface area contributed by atoms with Gasteiger partial charge in [-0.15, -0.1) is 0 Å². The van der Waals surface area contributed by atoms with Gasteiger partial charge in [0.15, 0.2) is 23.1 Å². The fourth-order valence-electron chi connectivity index (χ4n) is 13.8. The number of carbonyl (C=O) groups excluding carboxylic acids is 7. The van der Waals surface area contributed by atoms with Crippen molar-refractivity contribution in [2.75, 3.05) is 42.5 Å². The second-order valence-electron chi connectivity index (χ2n) is 29.1. The molecule has 4 aromatic carbocycles. The first kappa shape index (κ1) is 80.0. The first-order valence-corrected chi connectivity index (χ1v) is 34.0. The number of carbonyl (C=O) groups is 7. The Kier molecular flexibility index (Phi) is 25.4. The number of nitrogens with zero attached hydrogens (tertiary/aromatic N) is 9. The monoisotopic (exact) mass is 1400 g/mol. The first-order valence-electron chi connectivity index (χ1n) is 34.0. The molecule has 540 valence electrons. The number of amides is 3. The van der Waals surface area contributed by atoms with Crippen molar-refractivity contribution in [1.29, 1.82) is 5.26 Å². The van der Waals surface area contributed by atoms with E-state index in [9.17, 15) is 33.6 Å². The number of fused-ring (bicyclic) bond motifs is 4. The number of ketones is 4. The lowest BCUT2D eigenvalue weighted by atomic mass is 9.75. The Labute approximate surface area is 604 Å². The Bertz CT molecular complexity index is 4480. The second kappa shape index (κ2) is 32.8. The predicted molar refractivity (Wildman–Crippen MR) is 403 cm³/mol. The number of nitrogens with one attached hydrogen (secondary N) is 3. The van der Waals surface area contributed by atoms with Gasteiger partial charge >= 0.3 is 0 Å². The lowest BCUT2D eigenvalue weighted by Gasteiger charge is -2.29. The summed E-state index contributed by atoms with van der Waals surface area (Å²) in [6.45, 7) is 28.7. The maximum Gasteiger partial charge on any atom is 0.250 e. The summed E-state index contributed by atoms with van der Waals surface area (Å²) in [6, 6.07) is 23.6. The summed E-state index contributed by atoms with van der Waals surface area (Å²) in [5, 5.41) is 36.4. The minimum atomic E-state index is -0.530. The van der Waals surface area contributed by atoms with Crippen molar-refractivity contribution in [1.82, 2.24) is 39.1 Å². The second-order valence-corrected chi connectivity index (χ2v) is 29.1. The van der Waals surface area contributed by atoms with Gasteiger partial charge in [-0.3, -0.25) is 33.6 Å². The zero-order chi connectivity index (χ0) is 76.5. The molecule has 17 N–H and O–H groups in total. The van der Waals surface area contributed by atoms with Crippen LogP contribution in [0.5, 0.6) is 0 Å². The van der Waals surface area contributed by atoms with Crippen molar-refractivity contribution in [3.05, 3.63) is 168 Å². The van der Waals surface area contributed by atoms with Crippen LogP contribution in [0.3, 0.4) is 0 Å². The highest BCUT2D eigenvalue weighted by Crippen LogP contribution is 2.42. The van der Waals surface area contributed by atoms with Gasteiger partial charge < -0.3 is 56.1 Å². The van der Waals surface area contributed by atoms with Crippen LogP contribution in [0.25, 0.3) is 22.7 Å². The lowest BCUT2D eigenvalue weighted by molar-refractivity contribution is 0.0900. The summed E-state index contributed by atoms with van der Waals surface area (Å²) in [5.74, 6) is -0.996. The molecule has 4 aromatic heterocycles. The van der Waals surface area contributed by atoms with Gasteiger partial charge in [0, 0.05) is 44.6 Å². The first-order chi connectivity index (χ1) is 48.4. The number of rotatable bonds is 14. The van der Waals surface area contributed by atoms with Crippen LogP contribution in [-0.4, -0.2) is 122 Å². The number of benzene rings is 4. The molecule has 0 bridgehead atoms. The minimum absolute atomic E-state index is 0.0457. The van der Waals surface area contributed by atoms with Gasteiger partial charge in [0.25, 0.3) is 17.7 Å². The van der Waals surface area contributed by atoms with Crippen molar-refractivity contribution in [2.45, 2.75) is 155 Å². The molecule has 0 fully saturated rings. The van der Waals surface area contributed by atoms with Crippen molar-refractivity contribution < 1.29 is 33.6 Å². The van der Waals surface area contributed by atoms with Gasteiger partial charge in [-0.25, -0.2) is 18.7 Å². The molecule has 12 rings (SSSR count). The largest absolute Gasteiger partial charge is 0.385 e. The predicted octanol–water partition coefficient (Wildman–Crippen LogP) is 8.54. The van der Waals surface area contributed by atoms with Crippen LogP contribution in [-0.2, 0) is 25.7 Å². The third-order valence-electron chi connectivity index (χ3n) is 18.0. The van der Waals surface area contributed by atoms with E-state index in [1.807, 2.05) is 68.2 Å². The van der Waals surface area contributed by atoms with E-state index in [1.54, 1.807) is 57.9 Å².